The van der Waals surface area contributed by atoms with Crippen molar-refractivity contribution in [2.45, 2.75) is 6.54 Å². The first-order chi connectivity index (χ1) is 12.7. The molecule has 1 N–H and O–H groups in total. The number of fused-ring (bicyclic) bond motifs is 1. The van der Waals surface area contributed by atoms with Gasteiger partial charge >= 0.3 is 0 Å². The van der Waals surface area contributed by atoms with Crippen molar-refractivity contribution in [3.63, 3.8) is 0 Å². The van der Waals surface area contributed by atoms with Gasteiger partial charge in [0.25, 0.3) is 5.91 Å². The normalized spacial score (nSPS) is 10.8. The zero-order valence-corrected chi connectivity index (χ0v) is 13.5. The van der Waals surface area contributed by atoms with Crippen molar-refractivity contribution in [1.82, 2.24) is 20.4 Å². The number of carbonyl (C=O) groups excluding carboxylic acids is 1. The average molecular weight is 348 g/mol. The number of amides is 1. The van der Waals surface area contributed by atoms with E-state index < -0.39 is 5.82 Å². The summed E-state index contributed by atoms with van der Waals surface area (Å²) in [5.41, 5.74) is 2.36. The maximum absolute atomic E-state index is 13.8. The Kier molecular flexibility index (Phi) is 4.10. The van der Waals surface area contributed by atoms with Crippen LogP contribution in [0.5, 0.6) is 0 Å². The molecule has 1 amide bonds. The Balaban J connectivity index is 1.47. The van der Waals surface area contributed by atoms with Crippen LogP contribution in [-0.4, -0.2) is 21.0 Å². The third-order valence-corrected chi connectivity index (χ3v) is 3.81. The summed E-state index contributed by atoms with van der Waals surface area (Å²) in [5.74, 6) is -0.470. The Morgan fingerprint density at radius 2 is 1.85 bits per heavy atom. The minimum atomic E-state index is -0.398. The second-order valence-electron chi connectivity index (χ2n) is 5.59. The molecule has 2 heterocycles. The van der Waals surface area contributed by atoms with E-state index in [9.17, 15) is 9.18 Å². The van der Waals surface area contributed by atoms with Crippen molar-refractivity contribution in [3.8, 4) is 11.3 Å². The van der Waals surface area contributed by atoms with Crippen LogP contribution >= 0.6 is 0 Å². The van der Waals surface area contributed by atoms with Crippen molar-refractivity contribution in [2.75, 3.05) is 0 Å². The molecule has 0 unspecified atom stereocenters. The molecule has 0 aliphatic rings. The van der Waals surface area contributed by atoms with Gasteiger partial charge in [-0.2, -0.15) is 0 Å². The van der Waals surface area contributed by atoms with Gasteiger partial charge in [0.2, 0.25) is 0 Å². The fraction of sp³-hybridized carbons (Fsp3) is 0.0526. The van der Waals surface area contributed by atoms with Crippen LogP contribution in [0.2, 0.25) is 0 Å². The Bertz CT molecular complexity index is 1090. The van der Waals surface area contributed by atoms with E-state index in [2.05, 4.69) is 20.4 Å². The summed E-state index contributed by atoms with van der Waals surface area (Å²) in [5, 5.41) is 6.56. The van der Waals surface area contributed by atoms with Crippen LogP contribution in [0.15, 0.2) is 65.3 Å². The summed E-state index contributed by atoms with van der Waals surface area (Å²) in [6.45, 7) is 0.130. The largest absolute Gasteiger partial charge is 0.356 e. The maximum Gasteiger partial charge on any atom is 0.271 e. The van der Waals surface area contributed by atoms with Crippen LogP contribution in [0, 0.1) is 5.82 Å². The van der Waals surface area contributed by atoms with Gasteiger partial charge in [-0.1, -0.05) is 29.4 Å². The number of rotatable bonds is 4. The van der Waals surface area contributed by atoms with Gasteiger partial charge in [-0.25, -0.2) is 9.37 Å². The summed E-state index contributed by atoms with van der Waals surface area (Å²) in [6, 6.07) is 15.1. The highest BCUT2D eigenvalue weighted by Gasteiger charge is 2.13. The third-order valence-electron chi connectivity index (χ3n) is 3.81. The molecule has 7 heteroatoms. The van der Waals surface area contributed by atoms with Crippen LogP contribution in [-0.2, 0) is 6.54 Å². The van der Waals surface area contributed by atoms with E-state index in [-0.39, 0.29) is 18.1 Å². The summed E-state index contributed by atoms with van der Waals surface area (Å²) in [6.07, 6.45) is 1.42. The van der Waals surface area contributed by atoms with E-state index in [1.165, 1.54) is 12.3 Å². The molecule has 0 aliphatic carbocycles. The van der Waals surface area contributed by atoms with Crippen molar-refractivity contribution in [2.24, 2.45) is 0 Å². The minimum Gasteiger partial charge on any atom is -0.356 e. The van der Waals surface area contributed by atoms with Gasteiger partial charge in [-0.05, 0) is 24.3 Å². The highest BCUT2D eigenvalue weighted by atomic mass is 19.1. The zero-order chi connectivity index (χ0) is 17.9. The summed E-state index contributed by atoms with van der Waals surface area (Å²) >= 11 is 0. The molecular formula is C19H13FN4O2. The van der Waals surface area contributed by atoms with Gasteiger partial charge in [-0.3, -0.25) is 9.78 Å². The van der Waals surface area contributed by atoms with Crippen LogP contribution in [0.1, 0.15) is 16.2 Å². The molecule has 6 nitrogen and oxygen atoms in total. The van der Waals surface area contributed by atoms with Gasteiger partial charge in [0.05, 0.1) is 29.3 Å². The monoisotopic (exact) mass is 348 g/mol. The zero-order valence-electron chi connectivity index (χ0n) is 13.5. The highest BCUT2D eigenvalue weighted by Crippen LogP contribution is 2.23. The molecule has 0 saturated heterocycles. The number of nitrogens with zero attached hydrogens (tertiary/aromatic N) is 3. The number of nitrogens with one attached hydrogen (secondary N) is 1. The molecule has 0 bridgehead atoms. The molecule has 4 aromatic rings. The van der Waals surface area contributed by atoms with Gasteiger partial charge in [0.1, 0.15) is 17.2 Å². The van der Waals surface area contributed by atoms with Gasteiger partial charge < -0.3 is 9.84 Å². The van der Waals surface area contributed by atoms with E-state index in [0.29, 0.717) is 22.5 Å². The average Bonchev–Trinajstić information content (AvgIpc) is 3.15. The number of halogens is 1. The SMILES string of the molecule is O=C(NCc1cc(-c2ccccc2F)on1)c1cnc2ccccc2n1. The molecule has 0 saturated carbocycles. The van der Waals surface area contributed by atoms with Crippen molar-refractivity contribution in [1.29, 1.82) is 0 Å². The topological polar surface area (TPSA) is 80.9 Å². The predicted molar refractivity (Wildman–Crippen MR) is 92.6 cm³/mol. The molecule has 128 valence electrons. The number of hydrogen-bond acceptors (Lipinski definition) is 5. The lowest BCUT2D eigenvalue weighted by Gasteiger charge is -2.03. The summed E-state index contributed by atoms with van der Waals surface area (Å²) in [4.78, 5) is 20.8. The first kappa shape index (κ1) is 15.9. The number of benzene rings is 2. The molecule has 0 aliphatic heterocycles. The molecule has 0 atom stereocenters. The standard InChI is InChI=1S/C19H13FN4O2/c20-14-6-2-1-5-13(14)18-9-12(24-26-18)10-22-19(25)17-11-21-15-7-3-4-8-16(15)23-17/h1-9,11H,10H2,(H,22,25). The number of para-hydroxylation sites is 2. The summed E-state index contributed by atoms with van der Waals surface area (Å²) in [7, 11) is 0. The Labute approximate surface area is 147 Å². The first-order valence-electron chi connectivity index (χ1n) is 7.91. The van der Waals surface area contributed by atoms with Crippen LogP contribution in [0.3, 0.4) is 0 Å². The van der Waals surface area contributed by atoms with Crippen molar-refractivity contribution in [3.05, 3.63) is 78.0 Å². The van der Waals surface area contributed by atoms with E-state index >= 15 is 0 Å². The van der Waals surface area contributed by atoms with E-state index in [1.54, 1.807) is 30.3 Å². The third kappa shape index (κ3) is 3.14. The number of aromatic nitrogens is 3. The second-order valence-corrected chi connectivity index (χ2v) is 5.59. The van der Waals surface area contributed by atoms with Crippen LogP contribution < -0.4 is 5.32 Å². The summed E-state index contributed by atoms with van der Waals surface area (Å²) < 4.78 is 18.9. The quantitative estimate of drug-likeness (QED) is 0.612. The lowest BCUT2D eigenvalue weighted by molar-refractivity contribution is 0.0945. The fourth-order valence-electron chi connectivity index (χ4n) is 2.51. The number of hydrogen-bond donors (Lipinski definition) is 1. The Morgan fingerprint density at radius 3 is 2.69 bits per heavy atom. The Hall–Kier alpha value is -3.61. The molecule has 4 rings (SSSR count). The van der Waals surface area contributed by atoms with Crippen LogP contribution in [0.25, 0.3) is 22.4 Å². The molecule has 2 aromatic heterocycles. The number of carbonyl (C=O) groups is 1. The van der Waals surface area contributed by atoms with Gasteiger partial charge in [0, 0.05) is 6.07 Å². The minimum absolute atomic E-state index is 0.130. The fourth-order valence-corrected chi connectivity index (χ4v) is 2.51. The van der Waals surface area contributed by atoms with Gasteiger partial charge in [-0.15, -0.1) is 0 Å². The van der Waals surface area contributed by atoms with Crippen molar-refractivity contribution >= 4 is 16.9 Å². The lowest BCUT2D eigenvalue weighted by atomic mass is 10.1. The highest BCUT2D eigenvalue weighted by molar-refractivity contribution is 5.93. The molecule has 0 radical (unpaired) electrons. The Morgan fingerprint density at radius 1 is 1.08 bits per heavy atom. The predicted octanol–water partition coefficient (Wildman–Crippen LogP) is 3.35. The molecule has 0 spiro atoms. The molecular weight excluding hydrogens is 335 g/mol. The van der Waals surface area contributed by atoms with Crippen molar-refractivity contribution < 1.29 is 13.7 Å². The van der Waals surface area contributed by atoms with E-state index in [0.717, 1.165) is 5.52 Å². The second kappa shape index (κ2) is 6.72. The first-order valence-corrected chi connectivity index (χ1v) is 7.91. The lowest BCUT2D eigenvalue weighted by Crippen LogP contribution is -2.24. The maximum atomic E-state index is 13.8. The van der Waals surface area contributed by atoms with E-state index in [1.807, 2.05) is 18.2 Å². The molecule has 26 heavy (non-hydrogen) atoms. The van der Waals surface area contributed by atoms with Gasteiger partial charge in [0.15, 0.2) is 5.76 Å². The van der Waals surface area contributed by atoms with E-state index in [4.69, 9.17) is 4.52 Å². The molecule has 2 aromatic carbocycles. The molecule has 0 fully saturated rings. The van der Waals surface area contributed by atoms with Crippen LogP contribution in [0.4, 0.5) is 4.39 Å². The smallest absolute Gasteiger partial charge is 0.271 e.